The molecule has 0 aliphatic heterocycles. The molecule has 0 N–H and O–H groups in total. The Balaban J connectivity index is 0.518. The van der Waals surface area contributed by atoms with Crippen LogP contribution in [0.4, 0.5) is 34.1 Å². The lowest BCUT2D eigenvalue weighted by Gasteiger charge is -2.36. The SMILES string of the molecule is c1ccc(-c2cccc(N(c3ccc(-c4ccc(-c5cccc(-c6ccc(-c7ccc(N(c8ccccc8)c8cccc9c8-c8ccccc8C98c9ccccc9-c9cc%10c%11ccccc%11c%11ccccc%11c%10cc98)cc7)cc6)c5)cc4)cc3)c3cccc4c3C3(c5ccccc5-4)c4ccccc4-c4c3cc3c5c(cccc45)-c4ccccc4-3)c2)cc1. The van der Waals surface area contributed by atoms with Gasteiger partial charge in [0.1, 0.15) is 0 Å². The Morgan fingerprint density at radius 2 is 0.500 bits per heavy atom. The molecule has 0 fully saturated rings. The summed E-state index contributed by atoms with van der Waals surface area (Å²) in [4.78, 5) is 5.02. The number of anilines is 6. The Morgan fingerprint density at radius 1 is 0.148 bits per heavy atom. The van der Waals surface area contributed by atoms with Crippen LogP contribution in [0, 0.1) is 0 Å². The molecule has 0 aromatic heterocycles. The zero-order valence-corrected chi connectivity index (χ0v) is 66.6. The minimum absolute atomic E-state index is 0.557. The van der Waals surface area contributed by atoms with Gasteiger partial charge in [0.05, 0.1) is 22.2 Å². The summed E-state index contributed by atoms with van der Waals surface area (Å²) >= 11 is 0. The van der Waals surface area contributed by atoms with Crippen molar-refractivity contribution in [3.63, 3.8) is 0 Å². The molecule has 0 radical (unpaired) electrons. The van der Waals surface area contributed by atoms with Crippen LogP contribution in [-0.4, -0.2) is 0 Å². The smallest absolute Gasteiger partial charge is 0.0746 e. The van der Waals surface area contributed by atoms with E-state index in [-0.39, 0.29) is 0 Å². The fourth-order valence-corrected chi connectivity index (χ4v) is 22.5. The van der Waals surface area contributed by atoms with Crippen molar-refractivity contribution in [3.8, 4) is 122 Å². The molecule has 21 aromatic carbocycles. The zero-order valence-electron chi connectivity index (χ0n) is 66.6. The largest absolute Gasteiger partial charge is 0.310 e. The van der Waals surface area contributed by atoms with Crippen LogP contribution in [0.25, 0.3) is 165 Å². The minimum Gasteiger partial charge on any atom is -0.310 e. The van der Waals surface area contributed by atoms with Crippen LogP contribution in [0.2, 0.25) is 0 Å². The highest BCUT2D eigenvalue weighted by molar-refractivity contribution is 6.27. The van der Waals surface area contributed by atoms with E-state index in [0.29, 0.717) is 0 Å². The van der Waals surface area contributed by atoms with Gasteiger partial charge in [-0.3, -0.25) is 0 Å². The lowest BCUT2D eigenvalue weighted by atomic mass is 9.69. The van der Waals surface area contributed by atoms with Gasteiger partial charge in [-0.05, 0) is 284 Å². The van der Waals surface area contributed by atoms with Crippen molar-refractivity contribution in [3.05, 3.63) is 493 Å². The van der Waals surface area contributed by atoms with Crippen LogP contribution in [-0.2, 0) is 10.8 Å². The van der Waals surface area contributed by atoms with E-state index in [1.165, 1.54) is 182 Å². The Kier molecular flexibility index (Phi) is 14.8. The average Bonchev–Trinajstić information content (AvgIpc) is 1.48. The summed E-state index contributed by atoms with van der Waals surface area (Å²) in [7, 11) is 0. The van der Waals surface area contributed by atoms with Gasteiger partial charge in [0.2, 0.25) is 0 Å². The van der Waals surface area contributed by atoms with E-state index in [2.05, 4.69) is 459 Å². The quantitative estimate of drug-likeness (QED) is 0.119. The molecular formula is C120H74N2. The van der Waals surface area contributed by atoms with Crippen molar-refractivity contribution in [1.29, 1.82) is 0 Å². The molecule has 5 aliphatic rings. The summed E-state index contributed by atoms with van der Waals surface area (Å²) in [6.45, 7) is 0. The Hall–Kier alpha value is -15.7. The van der Waals surface area contributed by atoms with Crippen molar-refractivity contribution in [2.24, 2.45) is 0 Å². The van der Waals surface area contributed by atoms with E-state index in [0.717, 1.165) is 61.9 Å². The maximum Gasteiger partial charge on any atom is 0.0746 e. The van der Waals surface area contributed by atoms with E-state index in [1.807, 2.05) is 0 Å². The number of nitrogens with zero attached hydrogens (tertiary/aromatic N) is 2. The lowest BCUT2D eigenvalue weighted by molar-refractivity contribution is 0.794. The van der Waals surface area contributed by atoms with Gasteiger partial charge in [-0.25, -0.2) is 0 Å². The summed E-state index contributed by atoms with van der Waals surface area (Å²) in [5.74, 6) is 0. The Labute approximate surface area is 708 Å². The van der Waals surface area contributed by atoms with Crippen molar-refractivity contribution in [1.82, 2.24) is 0 Å². The number of fused-ring (bicyclic) bond motifs is 30. The summed E-state index contributed by atoms with van der Waals surface area (Å²) < 4.78 is 0. The highest BCUT2D eigenvalue weighted by Crippen LogP contribution is 2.70. The first kappa shape index (κ1) is 68.3. The number of para-hydroxylation sites is 1. The van der Waals surface area contributed by atoms with Crippen LogP contribution in [0.15, 0.2) is 449 Å². The third-order valence-corrected chi connectivity index (χ3v) is 27.6. The molecule has 5 aliphatic carbocycles. The molecule has 2 spiro atoms. The first-order chi connectivity index (χ1) is 60.5. The molecule has 0 saturated heterocycles. The molecule has 2 heteroatoms. The van der Waals surface area contributed by atoms with E-state index in [9.17, 15) is 0 Å². The molecule has 2 nitrogen and oxygen atoms in total. The van der Waals surface area contributed by atoms with Gasteiger partial charge in [0, 0.05) is 33.9 Å². The van der Waals surface area contributed by atoms with E-state index in [1.54, 1.807) is 0 Å². The first-order valence-corrected chi connectivity index (χ1v) is 42.6. The van der Waals surface area contributed by atoms with E-state index in [4.69, 9.17) is 0 Å². The zero-order chi connectivity index (χ0) is 79.9. The summed E-state index contributed by atoms with van der Waals surface area (Å²) in [5, 5.41) is 10.4. The fraction of sp³-hybridized carbons (Fsp3) is 0.0167. The summed E-state index contributed by atoms with van der Waals surface area (Å²) in [6.07, 6.45) is 0. The second-order valence-electron chi connectivity index (χ2n) is 33.5. The molecule has 2 unspecified atom stereocenters. The van der Waals surface area contributed by atoms with Gasteiger partial charge in [-0.2, -0.15) is 0 Å². The van der Waals surface area contributed by atoms with Crippen LogP contribution >= 0.6 is 0 Å². The minimum atomic E-state index is -0.645. The Bertz CT molecular complexity index is 7980. The van der Waals surface area contributed by atoms with E-state index >= 15 is 0 Å². The molecule has 564 valence electrons. The lowest BCUT2D eigenvalue weighted by Crippen LogP contribution is -2.28. The van der Waals surface area contributed by atoms with Gasteiger partial charge >= 0.3 is 0 Å². The third-order valence-electron chi connectivity index (χ3n) is 27.6. The molecule has 0 saturated carbocycles. The molecule has 0 bridgehead atoms. The van der Waals surface area contributed by atoms with Crippen LogP contribution in [0.5, 0.6) is 0 Å². The molecule has 26 rings (SSSR count). The second-order valence-corrected chi connectivity index (χ2v) is 33.5. The summed E-state index contributed by atoms with van der Waals surface area (Å²) in [5.41, 5.74) is 43.2. The molecule has 2 atom stereocenters. The van der Waals surface area contributed by atoms with Gasteiger partial charge in [0.25, 0.3) is 0 Å². The highest BCUT2D eigenvalue weighted by atomic mass is 15.2. The number of benzene rings is 21. The van der Waals surface area contributed by atoms with Crippen LogP contribution in [0.1, 0.15) is 44.5 Å². The predicted molar refractivity (Wildman–Crippen MR) is 510 cm³/mol. The van der Waals surface area contributed by atoms with Crippen molar-refractivity contribution < 1.29 is 0 Å². The van der Waals surface area contributed by atoms with Gasteiger partial charge < -0.3 is 9.80 Å². The number of hydrogen-bond donors (Lipinski definition) is 0. The maximum atomic E-state index is 2.59. The topological polar surface area (TPSA) is 6.48 Å². The molecule has 0 heterocycles. The normalized spacial score (nSPS) is 14.8. The standard InChI is InChI=1S/C120H74N2/c1-3-26-75(27-4-1)84-30-22-33-88(71-84)122(114-53-24-45-98-95-40-13-18-48-107(95)120(118(98)114)109-50-20-15-42-99(109)116-101-46-23-44-97-91-36-9-12-39-94(91)105(115(97)101)74-112(116)120)87-68-64-79(65-69-87)77-56-60-81(61-57-77)83-29-21-28-82(70-83)80-58-54-76(55-59-80)78-62-66-86(67-63-78)121(85-31-5-2-6-32-85)113-52-25-51-110-117(113)100-43-16-19-49-108(100)119(110)106-47-17-14-41-96(106)104-72-102-92-37-10-7-34-89(92)90-35-8-11-38-93(90)103(102)73-111(104)119/h1-74H. The molecular weight excluding hydrogens is 1470 g/mol. The van der Waals surface area contributed by atoms with Crippen LogP contribution in [0.3, 0.4) is 0 Å². The molecule has 21 aromatic rings. The van der Waals surface area contributed by atoms with Crippen molar-refractivity contribution in [2.45, 2.75) is 10.8 Å². The van der Waals surface area contributed by atoms with E-state index < -0.39 is 10.8 Å². The molecule has 0 amide bonds. The molecule has 122 heavy (non-hydrogen) atoms. The van der Waals surface area contributed by atoms with Crippen molar-refractivity contribution in [2.75, 3.05) is 9.80 Å². The second kappa shape index (κ2) is 26.4. The summed E-state index contributed by atoms with van der Waals surface area (Å²) in [6, 6.07) is 169. The maximum absolute atomic E-state index is 2.59. The average molecular weight is 1540 g/mol. The van der Waals surface area contributed by atoms with Crippen molar-refractivity contribution >= 4 is 77.2 Å². The van der Waals surface area contributed by atoms with Gasteiger partial charge in [0.15, 0.2) is 0 Å². The number of hydrogen-bond acceptors (Lipinski definition) is 2. The highest BCUT2D eigenvalue weighted by Gasteiger charge is 2.56. The van der Waals surface area contributed by atoms with Gasteiger partial charge in [-0.15, -0.1) is 0 Å². The van der Waals surface area contributed by atoms with Gasteiger partial charge in [-0.1, -0.05) is 364 Å². The first-order valence-electron chi connectivity index (χ1n) is 42.6. The monoisotopic (exact) mass is 1540 g/mol. The fourth-order valence-electron chi connectivity index (χ4n) is 22.5. The van der Waals surface area contributed by atoms with Crippen LogP contribution < -0.4 is 9.80 Å². The predicted octanol–water partition coefficient (Wildman–Crippen LogP) is 31.9. The third kappa shape index (κ3) is 9.66. The number of rotatable bonds is 11. The Morgan fingerprint density at radius 3 is 1.11 bits per heavy atom.